The molecular weight excluding hydrogens is 659 g/mol. The summed E-state index contributed by atoms with van der Waals surface area (Å²) in [5.74, 6) is 0. The highest BCUT2D eigenvalue weighted by Gasteiger charge is 2.48. The molecule has 0 aromatic heterocycles. The Morgan fingerprint density at radius 1 is 0.291 bits per heavy atom. The molecule has 1 heteroatoms. The lowest BCUT2D eigenvalue weighted by molar-refractivity contribution is 0.622. The van der Waals surface area contributed by atoms with Crippen molar-refractivity contribution in [2.24, 2.45) is 0 Å². The molecule has 0 aliphatic carbocycles. The first-order chi connectivity index (χ1) is 26.8. The van der Waals surface area contributed by atoms with E-state index in [-0.39, 0.29) is 17.5 Å². The van der Waals surface area contributed by atoms with Crippen molar-refractivity contribution in [2.75, 3.05) is 0 Å². The Kier molecular flexibility index (Phi) is 6.84. The van der Waals surface area contributed by atoms with Crippen LogP contribution in [0.25, 0.3) is 65.7 Å². The summed E-state index contributed by atoms with van der Waals surface area (Å²) in [6.45, 7) is 9.95. The van der Waals surface area contributed by atoms with Crippen LogP contribution in [0, 0.1) is 0 Å². The van der Waals surface area contributed by atoms with Gasteiger partial charge in [0, 0.05) is 10.8 Å². The summed E-state index contributed by atoms with van der Waals surface area (Å²) in [6, 6.07) is 66.3. The fourth-order valence-corrected chi connectivity index (χ4v) is 10.4. The highest BCUT2D eigenvalue weighted by atomic mass is 14.4. The van der Waals surface area contributed by atoms with Crippen LogP contribution < -0.4 is 16.4 Å². The van der Waals surface area contributed by atoms with Gasteiger partial charge < -0.3 is 0 Å². The van der Waals surface area contributed by atoms with E-state index in [1.807, 2.05) is 0 Å². The van der Waals surface area contributed by atoms with Gasteiger partial charge in [-0.3, -0.25) is 0 Å². The highest BCUT2D eigenvalue weighted by Crippen LogP contribution is 2.44. The van der Waals surface area contributed by atoms with Gasteiger partial charge in [-0.25, -0.2) is 0 Å². The van der Waals surface area contributed by atoms with Crippen molar-refractivity contribution < 1.29 is 0 Å². The third-order valence-electron chi connectivity index (χ3n) is 13.2. The summed E-state index contributed by atoms with van der Waals surface area (Å²) in [7, 11) is 0. The molecule has 0 fully saturated rings. The van der Waals surface area contributed by atoms with Crippen LogP contribution in [0.4, 0.5) is 0 Å². The normalized spacial score (nSPS) is 14.8. The maximum Gasteiger partial charge on any atom is 0.242 e. The summed E-state index contributed by atoms with van der Waals surface area (Å²) in [5.41, 5.74) is 17.4. The molecule has 2 heterocycles. The molecule has 9 aromatic rings. The van der Waals surface area contributed by atoms with Gasteiger partial charge in [0.05, 0.1) is 0 Å². The van der Waals surface area contributed by atoms with Crippen LogP contribution >= 0.6 is 0 Å². The van der Waals surface area contributed by atoms with Gasteiger partial charge >= 0.3 is 0 Å². The van der Waals surface area contributed by atoms with Crippen LogP contribution in [0.15, 0.2) is 176 Å². The second kappa shape index (κ2) is 11.7. The SMILES string of the molecule is CC1(C)c2ccccc2B2c3ccccc3C(C)(C)c3cc(-c4cccc(-c5cccc(-c6ccc7c8ccccc8c8ccccc8c7c6)c5)c4)cc1c32. The van der Waals surface area contributed by atoms with Crippen molar-refractivity contribution in [1.29, 1.82) is 0 Å². The zero-order chi connectivity index (χ0) is 37.1. The maximum absolute atomic E-state index is 2.52. The number of hydrogen-bond acceptors (Lipinski definition) is 0. The van der Waals surface area contributed by atoms with Crippen molar-refractivity contribution in [3.05, 3.63) is 198 Å². The molecule has 0 bridgehead atoms. The molecule has 0 spiro atoms. The topological polar surface area (TPSA) is 0 Å². The molecule has 11 rings (SSSR count). The van der Waals surface area contributed by atoms with Crippen molar-refractivity contribution in [2.45, 2.75) is 38.5 Å². The molecule has 0 N–H and O–H groups in total. The smallest absolute Gasteiger partial charge is 0.0667 e. The fourth-order valence-electron chi connectivity index (χ4n) is 10.4. The Morgan fingerprint density at radius 3 is 1.16 bits per heavy atom. The minimum absolute atomic E-state index is 0.126. The number of fused-ring (bicyclic) bond motifs is 10. The van der Waals surface area contributed by atoms with E-state index in [2.05, 4.69) is 204 Å². The summed E-state index contributed by atoms with van der Waals surface area (Å²) in [5, 5.41) is 7.82. The first kappa shape index (κ1) is 32.3. The number of benzene rings is 9. The Hall–Kier alpha value is -6.18. The van der Waals surface area contributed by atoms with Gasteiger partial charge in [-0.15, -0.1) is 0 Å². The summed E-state index contributed by atoms with van der Waals surface area (Å²) < 4.78 is 0. The Labute approximate surface area is 324 Å². The predicted octanol–water partition coefficient (Wildman–Crippen LogP) is 11.9. The van der Waals surface area contributed by atoms with E-state index in [1.54, 1.807) is 0 Å². The van der Waals surface area contributed by atoms with E-state index in [0.29, 0.717) is 0 Å². The van der Waals surface area contributed by atoms with E-state index in [9.17, 15) is 0 Å². The van der Waals surface area contributed by atoms with Gasteiger partial charge in [-0.1, -0.05) is 202 Å². The summed E-state index contributed by atoms with van der Waals surface area (Å²) in [6.07, 6.45) is 0. The highest BCUT2D eigenvalue weighted by molar-refractivity contribution is 6.97. The van der Waals surface area contributed by atoms with Gasteiger partial charge in [-0.2, -0.15) is 0 Å². The van der Waals surface area contributed by atoms with Gasteiger partial charge in [0.25, 0.3) is 0 Å². The fraction of sp³-hybridized carbons (Fsp3) is 0.111. The van der Waals surface area contributed by atoms with E-state index >= 15 is 0 Å². The minimum atomic E-state index is -0.126. The van der Waals surface area contributed by atoms with Crippen molar-refractivity contribution >= 4 is 55.4 Å². The molecule has 260 valence electrons. The summed E-state index contributed by atoms with van der Waals surface area (Å²) >= 11 is 0. The number of hydrogen-bond donors (Lipinski definition) is 0. The minimum Gasteiger partial charge on any atom is -0.0667 e. The molecule has 2 aliphatic rings. The molecular formula is C54H41B. The van der Waals surface area contributed by atoms with Crippen LogP contribution in [0.3, 0.4) is 0 Å². The lowest BCUT2D eigenvalue weighted by Crippen LogP contribution is -2.66. The van der Waals surface area contributed by atoms with Crippen LogP contribution in [0.5, 0.6) is 0 Å². The first-order valence-electron chi connectivity index (χ1n) is 19.7. The van der Waals surface area contributed by atoms with E-state index in [0.717, 1.165) is 0 Å². The van der Waals surface area contributed by atoms with Crippen molar-refractivity contribution in [3.63, 3.8) is 0 Å². The largest absolute Gasteiger partial charge is 0.242 e. The third-order valence-corrected chi connectivity index (χ3v) is 13.2. The van der Waals surface area contributed by atoms with Gasteiger partial charge in [-0.05, 0) is 106 Å². The van der Waals surface area contributed by atoms with E-state index in [1.165, 1.54) is 104 Å². The second-order valence-electron chi connectivity index (χ2n) is 16.9. The predicted molar refractivity (Wildman–Crippen MR) is 237 cm³/mol. The van der Waals surface area contributed by atoms with Crippen LogP contribution in [0.1, 0.15) is 49.9 Å². The van der Waals surface area contributed by atoms with E-state index in [4.69, 9.17) is 0 Å². The zero-order valence-corrected chi connectivity index (χ0v) is 31.8. The zero-order valence-electron chi connectivity index (χ0n) is 31.8. The Morgan fingerprint density at radius 2 is 0.673 bits per heavy atom. The van der Waals surface area contributed by atoms with Crippen molar-refractivity contribution in [1.82, 2.24) is 0 Å². The van der Waals surface area contributed by atoms with E-state index < -0.39 is 0 Å². The Bertz CT molecular complexity index is 2940. The van der Waals surface area contributed by atoms with Crippen LogP contribution in [0.2, 0.25) is 0 Å². The maximum atomic E-state index is 2.52. The first-order valence-corrected chi connectivity index (χ1v) is 19.7. The monoisotopic (exact) mass is 700 g/mol. The quantitative estimate of drug-likeness (QED) is 0.127. The number of rotatable bonds is 3. The molecule has 0 saturated heterocycles. The summed E-state index contributed by atoms with van der Waals surface area (Å²) in [4.78, 5) is 0. The van der Waals surface area contributed by atoms with Gasteiger partial charge in [0.1, 0.15) is 0 Å². The molecule has 55 heavy (non-hydrogen) atoms. The third kappa shape index (κ3) is 4.66. The lowest BCUT2D eigenvalue weighted by atomic mass is 9.27. The van der Waals surface area contributed by atoms with Crippen molar-refractivity contribution in [3.8, 4) is 33.4 Å². The molecule has 0 unspecified atom stereocenters. The second-order valence-corrected chi connectivity index (χ2v) is 16.9. The lowest BCUT2D eigenvalue weighted by Gasteiger charge is -2.47. The average molecular weight is 701 g/mol. The molecule has 9 aromatic carbocycles. The molecule has 0 radical (unpaired) electrons. The molecule has 0 amide bonds. The van der Waals surface area contributed by atoms with Gasteiger partial charge in [0.15, 0.2) is 0 Å². The molecule has 0 nitrogen and oxygen atoms in total. The molecule has 2 aliphatic heterocycles. The molecule has 0 saturated carbocycles. The Balaban J connectivity index is 1.04. The average Bonchev–Trinajstić information content (AvgIpc) is 3.23. The molecule has 0 atom stereocenters. The van der Waals surface area contributed by atoms with Crippen LogP contribution in [-0.4, -0.2) is 6.71 Å². The van der Waals surface area contributed by atoms with Crippen LogP contribution in [-0.2, 0) is 10.8 Å². The standard InChI is InChI=1S/C54H41B/c1-53(2)46-23-9-11-25-50(46)55-51-26-12-10-24-47(51)54(3,4)49-33-39(32-48(53)52(49)55)37-18-14-16-35(30-37)34-15-13-17-36(29-34)38-27-28-44-42-21-6-5-19-40(42)41-20-7-8-22-43(41)45(44)31-38/h5-33H,1-4H3. The van der Waals surface area contributed by atoms with Gasteiger partial charge in [0.2, 0.25) is 6.71 Å².